The number of carbonyl (C=O) groups is 1. The Kier molecular flexibility index (Phi) is 5.93. The summed E-state index contributed by atoms with van der Waals surface area (Å²) in [7, 11) is 0. The van der Waals surface area contributed by atoms with Gasteiger partial charge in [0.2, 0.25) is 0 Å². The number of nitrogens with one attached hydrogen (secondary N) is 2. The lowest BCUT2D eigenvalue weighted by molar-refractivity contribution is 0.0937. The van der Waals surface area contributed by atoms with Gasteiger partial charge in [-0.1, -0.05) is 23.7 Å². The zero-order chi connectivity index (χ0) is 16.8. The van der Waals surface area contributed by atoms with Crippen LogP contribution in [0.25, 0.3) is 0 Å². The van der Waals surface area contributed by atoms with Crippen LogP contribution in [0.1, 0.15) is 35.7 Å². The van der Waals surface area contributed by atoms with E-state index in [4.69, 9.17) is 11.6 Å². The van der Waals surface area contributed by atoms with Crippen LogP contribution in [0.5, 0.6) is 0 Å². The van der Waals surface area contributed by atoms with Crippen molar-refractivity contribution in [2.75, 3.05) is 11.9 Å². The Hall–Kier alpha value is -2.14. The molecule has 0 spiro atoms. The second kappa shape index (κ2) is 7.92. The topological polar surface area (TPSA) is 66.9 Å². The number of carbonyl (C=O) groups excluding carboxylic acids is 1. The average Bonchev–Trinajstić information content (AvgIpc) is 2.46. The SMILES string of the molecule is Cc1nc(NCCc2cccc(Cl)c2)cc(C(=O)NC(C)C)n1. The normalized spacial score (nSPS) is 10.7. The molecule has 0 saturated carbocycles. The summed E-state index contributed by atoms with van der Waals surface area (Å²) in [6, 6.07) is 9.49. The van der Waals surface area contributed by atoms with Gasteiger partial charge in [-0.2, -0.15) is 0 Å². The fourth-order valence-electron chi connectivity index (χ4n) is 2.14. The van der Waals surface area contributed by atoms with Crippen LogP contribution in [0.15, 0.2) is 30.3 Å². The minimum absolute atomic E-state index is 0.0667. The number of anilines is 1. The van der Waals surface area contributed by atoms with Gasteiger partial charge in [0.25, 0.3) is 5.91 Å². The summed E-state index contributed by atoms with van der Waals surface area (Å²) >= 11 is 5.97. The molecule has 23 heavy (non-hydrogen) atoms. The lowest BCUT2D eigenvalue weighted by atomic mass is 10.1. The molecule has 2 rings (SSSR count). The fraction of sp³-hybridized carbons (Fsp3) is 0.353. The predicted molar refractivity (Wildman–Crippen MR) is 93.0 cm³/mol. The van der Waals surface area contributed by atoms with Crippen molar-refractivity contribution < 1.29 is 4.79 Å². The molecule has 6 heteroatoms. The first kappa shape index (κ1) is 17.2. The number of benzene rings is 1. The van der Waals surface area contributed by atoms with Gasteiger partial charge in [0.05, 0.1) is 0 Å². The predicted octanol–water partition coefficient (Wildman–Crippen LogP) is 3.23. The van der Waals surface area contributed by atoms with Crippen molar-refractivity contribution in [1.29, 1.82) is 0 Å². The van der Waals surface area contributed by atoms with Gasteiger partial charge in [-0.15, -0.1) is 0 Å². The second-order valence-corrected chi connectivity index (χ2v) is 6.06. The summed E-state index contributed by atoms with van der Waals surface area (Å²) in [6.07, 6.45) is 0.817. The van der Waals surface area contributed by atoms with E-state index in [1.165, 1.54) is 0 Å². The van der Waals surface area contributed by atoms with Crippen LogP contribution in [0.3, 0.4) is 0 Å². The molecule has 1 amide bonds. The van der Waals surface area contributed by atoms with E-state index in [2.05, 4.69) is 20.6 Å². The van der Waals surface area contributed by atoms with Crippen LogP contribution >= 0.6 is 11.6 Å². The van der Waals surface area contributed by atoms with E-state index in [1.807, 2.05) is 38.1 Å². The molecule has 1 aromatic carbocycles. The third-order valence-electron chi connectivity index (χ3n) is 3.10. The van der Waals surface area contributed by atoms with Gasteiger partial charge in [0.15, 0.2) is 0 Å². The van der Waals surface area contributed by atoms with Crippen LogP contribution in [0.2, 0.25) is 5.02 Å². The van der Waals surface area contributed by atoms with Crippen molar-refractivity contribution in [2.24, 2.45) is 0 Å². The van der Waals surface area contributed by atoms with Crippen LogP contribution in [-0.4, -0.2) is 28.5 Å². The standard InChI is InChI=1S/C17H21ClN4O/c1-11(2)20-17(23)15-10-16(22-12(3)21-15)19-8-7-13-5-4-6-14(18)9-13/h4-6,9-11H,7-8H2,1-3H3,(H,20,23)(H,19,21,22). The van der Waals surface area contributed by atoms with Gasteiger partial charge in [-0.05, 0) is 44.9 Å². The van der Waals surface area contributed by atoms with Crippen molar-refractivity contribution in [3.05, 3.63) is 52.4 Å². The zero-order valence-corrected chi connectivity index (χ0v) is 14.3. The molecule has 0 aliphatic carbocycles. The van der Waals surface area contributed by atoms with Gasteiger partial charge in [0.1, 0.15) is 17.3 Å². The van der Waals surface area contributed by atoms with Crippen molar-refractivity contribution in [2.45, 2.75) is 33.2 Å². The van der Waals surface area contributed by atoms with Gasteiger partial charge in [-0.3, -0.25) is 4.79 Å². The third kappa shape index (κ3) is 5.53. The molecule has 1 heterocycles. The Bertz CT molecular complexity index is 688. The van der Waals surface area contributed by atoms with Crippen LogP contribution in [-0.2, 0) is 6.42 Å². The third-order valence-corrected chi connectivity index (χ3v) is 3.33. The fourth-order valence-corrected chi connectivity index (χ4v) is 2.35. The Morgan fingerprint density at radius 2 is 2.04 bits per heavy atom. The number of amides is 1. The van der Waals surface area contributed by atoms with E-state index < -0.39 is 0 Å². The maximum absolute atomic E-state index is 12.0. The van der Waals surface area contributed by atoms with Crippen molar-refractivity contribution in [3.63, 3.8) is 0 Å². The first-order valence-electron chi connectivity index (χ1n) is 7.59. The number of halogens is 1. The van der Waals surface area contributed by atoms with Gasteiger partial charge >= 0.3 is 0 Å². The molecule has 0 aliphatic rings. The lowest BCUT2D eigenvalue weighted by Crippen LogP contribution is -2.31. The summed E-state index contributed by atoms with van der Waals surface area (Å²) in [5.41, 5.74) is 1.52. The molecule has 0 radical (unpaired) electrons. The molecular weight excluding hydrogens is 312 g/mol. The smallest absolute Gasteiger partial charge is 0.270 e. The van der Waals surface area contributed by atoms with Crippen molar-refractivity contribution in [3.8, 4) is 0 Å². The molecule has 122 valence electrons. The summed E-state index contributed by atoms with van der Waals surface area (Å²) in [4.78, 5) is 20.5. The summed E-state index contributed by atoms with van der Waals surface area (Å²) in [5.74, 6) is 1.02. The molecule has 0 aliphatic heterocycles. The van der Waals surface area contributed by atoms with Gasteiger partial charge in [-0.25, -0.2) is 9.97 Å². The quantitative estimate of drug-likeness (QED) is 0.852. The Labute approximate surface area is 141 Å². The van der Waals surface area contributed by atoms with E-state index >= 15 is 0 Å². The maximum atomic E-state index is 12.0. The molecule has 0 saturated heterocycles. The summed E-state index contributed by atoms with van der Waals surface area (Å²) in [6.45, 7) is 6.29. The van der Waals surface area contributed by atoms with Crippen LogP contribution in [0, 0.1) is 6.92 Å². The van der Waals surface area contributed by atoms with Crippen molar-refractivity contribution >= 4 is 23.3 Å². The van der Waals surface area contributed by atoms with Gasteiger partial charge < -0.3 is 10.6 Å². The number of nitrogens with zero attached hydrogens (tertiary/aromatic N) is 2. The Morgan fingerprint density at radius 1 is 1.26 bits per heavy atom. The van der Waals surface area contributed by atoms with E-state index in [9.17, 15) is 4.79 Å². The molecule has 1 aromatic heterocycles. The average molecular weight is 333 g/mol. The van der Waals surface area contributed by atoms with Crippen LogP contribution in [0.4, 0.5) is 5.82 Å². The summed E-state index contributed by atoms with van der Waals surface area (Å²) < 4.78 is 0. The van der Waals surface area contributed by atoms with E-state index in [0.717, 1.165) is 17.0 Å². The Morgan fingerprint density at radius 3 is 2.74 bits per heavy atom. The highest BCUT2D eigenvalue weighted by Gasteiger charge is 2.11. The minimum atomic E-state index is -0.191. The number of hydrogen-bond acceptors (Lipinski definition) is 4. The summed E-state index contributed by atoms with van der Waals surface area (Å²) in [5, 5.41) is 6.79. The number of rotatable bonds is 6. The molecule has 0 unspecified atom stereocenters. The molecule has 0 fully saturated rings. The molecular formula is C17H21ClN4O. The van der Waals surface area contributed by atoms with Gasteiger partial charge in [0, 0.05) is 23.7 Å². The van der Waals surface area contributed by atoms with E-state index in [1.54, 1.807) is 13.0 Å². The molecule has 2 N–H and O–H groups in total. The highest BCUT2D eigenvalue weighted by Crippen LogP contribution is 2.12. The maximum Gasteiger partial charge on any atom is 0.270 e. The van der Waals surface area contributed by atoms with Crippen molar-refractivity contribution in [1.82, 2.24) is 15.3 Å². The lowest BCUT2D eigenvalue weighted by Gasteiger charge is -2.11. The van der Waals surface area contributed by atoms with E-state index in [-0.39, 0.29) is 11.9 Å². The molecule has 5 nitrogen and oxygen atoms in total. The molecule has 0 atom stereocenters. The largest absolute Gasteiger partial charge is 0.370 e. The minimum Gasteiger partial charge on any atom is -0.370 e. The first-order chi connectivity index (χ1) is 10.9. The number of hydrogen-bond donors (Lipinski definition) is 2. The highest BCUT2D eigenvalue weighted by atomic mass is 35.5. The highest BCUT2D eigenvalue weighted by molar-refractivity contribution is 6.30. The van der Waals surface area contributed by atoms with Crippen LogP contribution < -0.4 is 10.6 Å². The van der Waals surface area contributed by atoms with E-state index in [0.29, 0.717) is 23.9 Å². The second-order valence-electron chi connectivity index (χ2n) is 5.62. The zero-order valence-electron chi connectivity index (χ0n) is 13.6. The number of aryl methyl sites for hydroxylation is 1. The molecule has 2 aromatic rings. The first-order valence-corrected chi connectivity index (χ1v) is 7.96. The monoisotopic (exact) mass is 332 g/mol. The Balaban J connectivity index is 1.99. The number of aromatic nitrogens is 2. The molecule has 0 bridgehead atoms.